The van der Waals surface area contributed by atoms with Gasteiger partial charge in [-0.2, -0.15) is 0 Å². The average molecular weight is 490 g/mol. The average Bonchev–Trinajstić information content (AvgIpc) is 2.55. The number of aliphatic imine (C=N–C) groups is 1. The highest BCUT2D eigenvalue weighted by atomic mass is 127. The SMILES string of the molecule is COCCN(C)CCCNC(N)=NCc1ccc(OC(F)(F)F)cc1.I. The molecule has 26 heavy (non-hydrogen) atoms. The molecule has 10 heteroatoms. The number of nitrogens with zero attached hydrogens (tertiary/aromatic N) is 2. The number of nitrogens with two attached hydrogens (primary N) is 1. The van der Waals surface area contributed by atoms with Gasteiger partial charge in [0.2, 0.25) is 0 Å². The molecule has 0 fully saturated rings. The zero-order valence-corrected chi connectivity index (χ0v) is 17.2. The topological polar surface area (TPSA) is 72.1 Å². The Labute approximate surface area is 168 Å². The molecule has 3 N–H and O–H groups in total. The third-order valence-corrected chi connectivity index (χ3v) is 3.29. The number of hydrogen-bond donors (Lipinski definition) is 2. The molecule has 0 saturated heterocycles. The predicted octanol–water partition coefficient (Wildman–Crippen LogP) is 2.58. The Morgan fingerprint density at radius 1 is 1.23 bits per heavy atom. The van der Waals surface area contributed by atoms with E-state index in [1.54, 1.807) is 7.11 Å². The van der Waals surface area contributed by atoms with E-state index in [4.69, 9.17) is 10.5 Å². The van der Waals surface area contributed by atoms with Gasteiger partial charge in [-0.15, -0.1) is 37.1 Å². The standard InChI is InChI=1S/C16H25F3N4O2.HI/c1-23(10-11-24-2)9-3-8-21-15(20)22-12-13-4-6-14(7-5-13)25-16(17,18)19;/h4-7H,3,8-12H2,1-2H3,(H3,20,21,22);1H. The monoisotopic (exact) mass is 490 g/mol. The summed E-state index contributed by atoms with van der Waals surface area (Å²) in [6.07, 6.45) is -3.79. The van der Waals surface area contributed by atoms with Gasteiger partial charge in [0.1, 0.15) is 5.75 Å². The van der Waals surface area contributed by atoms with Gasteiger partial charge in [-0.05, 0) is 37.7 Å². The van der Waals surface area contributed by atoms with Crippen molar-refractivity contribution < 1.29 is 22.6 Å². The van der Waals surface area contributed by atoms with Crippen LogP contribution < -0.4 is 15.8 Å². The van der Waals surface area contributed by atoms with E-state index in [1.165, 1.54) is 24.3 Å². The van der Waals surface area contributed by atoms with E-state index in [-0.39, 0.29) is 36.3 Å². The molecule has 1 aromatic rings. The second kappa shape index (κ2) is 13.0. The molecule has 0 saturated carbocycles. The number of hydrogen-bond acceptors (Lipinski definition) is 4. The largest absolute Gasteiger partial charge is 0.573 e. The predicted molar refractivity (Wildman–Crippen MR) is 106 cm³/mol. The first-order valence-electron chi connectivity index (χ1n) is 7.86. The molecule has 0 atom stereocenters. The van der Waals surface area contributed by atoms with E-state index in [9.17, 15) is 13.2 Å². The summed E-state index contributed by atoms with van der Waals surface area (Å²) in [4.78, 5) is 6.31. The van der Waals surface area contributed by atoms with Crippen LogP contribution in [0.3, 0.4) is 0 Å². The molecule has 0 radical (unpaired) electrons. The number of nitrogens with one attached hydrogen (secondary N) is 1. The maximum atomic E-state index is 12.1. The first kappa shape index (κ1) is 24.7. The van der Waals surface area contributed by atoms with Crippen molar-refractivity contribution in [1.29, 1.82) is 0 Å². The van der Waals surface area contributed by atoms with E-state index >= 15 is 0 Å². The van der Waals surface area contributed by atoms with Crippen LogP contribution in [-0.4, -0.2) is 57.6 Å². The summed E-state index contributed by atoms with van der Waals surface area (Å²) >= 11 is 0. The Balaban J connectivity index is 0.00000625. The van der Waals surface area contributed by atoms with Gasteiger partial charge < -0.3 is 25.4 Å². The minimum atomic E-state index is -4.69. The molecule has 0 spiro atoms. The van der Waals surface area contributed by atoms with Crippen molar-refractivity contribution in [2.75, 3.05) is 40.4 Å². The van der Waals surface area contributed by atoms with Crippen LogP contribution in [0.15, 0.2) is 29.3 Å². The van der Waals surface area contributed by atoms with Crippen molar-refractivity contribution in [1.82, 2.24) is 10.2 Å². The number of alkyl halides is 3. The van der Waals surface area contributed by atoms with E-state index in [0.29, 0.717) is 19.1 Å². The summed E-state index contributed by atoms with van der Waals surface area (Å²) in [6, 6.07) is 5.53. The zero-order valence-electron chi connectivity index (χ0n) is 14.9. The zero-order chi connectivity index (χ0) is 18.7. The third kappa shape index (κ3) is 12.1. The summed E-state index contributed by atoms with van der Waals surface area (Å²) in [5, 5.41) is 3.00. The molecule has 0 aliphatic heterocycles. The van der Waals surface area contributed by atoms with Crippen molar-refractivity contribution in [2.24, 2.45) is 10.7 Å². The number of likely N-dealkylation sites (N-methyl/N-ethyl adjacent to an activating group) is 1. The Hall–Kier alpha value is -1.27. The lowest BCUT2D eigenvalue weighted by Gasteiger charge is -2.15. The molecular weight excluding hydrogens is 464 g/mol. The van der Waals surface area contributed by atoms with Gasteiger partial charge in [-0.25, -0.2) is 4.99 Å². The molecule has 6 nitrogen and oxygen atoms in total. The Morgan fingerprint density at radius 3 is 2.46 bits per heavy atom. The highest BCUT2D eigenvalue weighted by molar-refractivity contribution is 14.0. The van der Waals surface area contributed by atoms with Crippen molar-refractivity contribution in [3.63, 3.8) is 0 Å². The Kier molecular flexibility index (Phi) is 12.3. The van der Waals surface area contributed by atoms with Crippen LogP contribution in [0.1, 0.15) is 12.0 Å². The number of guanidine groups is 1. The highest BCUT2D eigenvalue weighted by Crippen LogP contribution is 2.22. The summed E-state index contributed by atoms with van der Waals surface area (Å²) < 4.78 is 45.0. The van der Waals surface area contributed by atoms with Crippen LogP contribution in [-0.2, 0) is 11.3 Å². The van der Waals surface area contributed by atoms with E-state index in [1.807, 2.05) is 7.05 Å². The maximum absolute atomic E-state index is 12.1. The van der Waals surface area contributed by atoms with E-state index < -0.39 is 6.36 Å². The van der Waals surface area contributed by atoms with Crippen LogP contribution in [0.2, 0.25) is 0 Å². The van der Waals surface area contributed by atoms with Gasteiger partial charge in [0.25, 0.3) is 0 Å². The Bertz CT molecular complexity index is 527. The minimum absolute atomic E-state index is 0. The highest BCUT2D eigenvalue weighted by Gasteiger charge is 2.30. The second-order valence-electron chi connectivity index (χ2n) is 5.47. The van der Waals surface area contributed by atoms with E-state index in [2.05, 4.69) is 19.9 Å². The number of ether oxygens (including phenoxy) is 2. The first-order valence-corrected chi connectivity index (χ1v) is 7.86. The van der Waals surface area contributed by atoms with Crippen LogP contribution in [0.25, 0.3) is 0 Å². The maximum Gasteiger partial charge on any atom is 0.573 e. The lowest BCUT2D eigenvalue weighted by atomic mass is 10.2. The summed E-state index contributed by atoms with van der Waals surface area (Å²) in [5.74, 6) is 0.0408. The van der Waals surface area contributed by atoms with Crippen LogP contribution in [0, 0.1) is 0 Å². The normalized spacial score (nSPS) is 12.0. The van der Waals surface area contributed by atoms with Crippen LogP contribution in [0.5, 0.6) is 5.75 Å². The Morgan fingerprint density at radius 2 is 1.88 bits per heavy atom. The van der Waals surface area contributed by atoms with Crippen LogP contribution >= 0.6 is 24.0 Å². The van der Waals surface area contributed by atoms with Crippen molar-refractivity contribution in [2.45, 2.75) is 19.3 Å². The number of methoxy groups -OCH3 is 1. The molecule has 0 aliphatic rings. The van der Waals surface area contributed by atoms with E-state index in [0.717, 1.165) is 25.1 Å². The van der Waals surface area contributed by atoms with Gasteiger partial charge in [-0.3, -0.25) is 0 Å². The lowest BCUT2D eigenvalue weighted by molar-refractivity contribution is -0.274. The van der Waals surface area contributed by atoms with Gasteiger partial charge in [0.05, 0.1) is 13.2 Å². The molecule has 1 rings (SSSR count). The van der Waals surface area contributed by atoms with Gasteiger partial charge >= 0.3 is 6.36 Å². The molecule has 0 bridgehead atoms. The smallest absolute Gasteiger partial charge is 0.406 e. The van der Waals surface area contributed by atoms with Crippen LogP contribution in [0.4, 0.5) is 13.2 Å². The fourth-order valence-electron chi connectivity index (χ4n) is 1.95. The summed E-state index contributed by atoms with van der Waals surface area (Å²) in [7, 11) is 3.69. The summed E-state index contributed by atoms with van der Waals surface area (Å²) in [6.45, 7) is 3.43. The molecule has 0 aromatic heterocycles. The third-order valence-electron chi connectivity index (χ3n) is 3.29. The molecule has 0 aliphatic carbocycles. The second-order valence-corrected chi connectivity index (χ2v) is 5.47. The summed E-state index contributed by atoms with van der Waals surface area (Å²) in [5.41, 5.74) is 6.50. The quantitative estimate of drug-likeness (QED) is 0.229. The molecule has 1 aromatic carbocycles. The molecular formula is C16H26F3IN4O2. The molecule has 150 valence electrons. The van der Waals surface area contributed by atoms with Crippen molar-refractivity contribution >= 4 is 29.9 Å². The first-order chi connectivity index (χ1) is 11.8. The number of halogens is 4. The number of benzene rings is 1. The lowest BCUT2D eigenvalue weighted by Crippen LogP contribution is -2.34. The minimum Gasteiger partial charge on any atom is -0.406 e. The fraction of sp³-hybridized carbons (Fsp3) is 0.562. The van der Waals surface area contributed by atoms with Gasteiger partial charge in [0, 0.05) is 20.2 Å². The van der Waals surface area contributed by atoms with Gasteiger partial charge in [-0.1, -0.05) is 12.1 Å². The molecule has 0 heterocycles. The van der Waals surface area contributed by atoms with Crippen molar-refractivity contribution in [3.8, 4) is 5.75 Å². The van der Waals surface area contributed by atoms with Crippen molar-refractivity contribution in [3.05, 3.63) is 29.8 Å². The molecule has 0 amide bonds. The number of rotatable bonds is 10. The fourth-order valence-corrected chi connectivity index (χ4v) is 1.95. The molecule has 0 unspecified atom stereocenters. The van der Waals surface area contributed by atoms with Gasteiger partial charge in [0.15, 0.2) is 5.96 Å².